The molecule has 0 fully saturated rings. The molecule has 0 aliphatic carbocycles. The van der Waals surface area contributed by atoms with Crippen LogP contribution in [0.1, 0.15) is 0 Å². The second-order valence-electron chi connectivity index (χ2n) is 3.80. The predicted molar refractivity (Wildman–Crippen MR) is 77.8 cm³/mol. The lowest BCUT2D eigenvalue weighted by molar-refractivity contribution is -0.383. The van der Waals surface area contributed by atoms with Crippen molar-refractivity contribution in [3.8, 4) is 5.75 Å². The highest BCUT2D eigenvalue weighted by atomic mass is 35.5. The van der Waals surface area contributed by atoms with Gasteiger partial charge in [0.25, 0.3) is 0 Å². The molecule has 1 aromatic heterocycles. The lowest BCUT2D eigenvalue weighted by Crippen LogP contribution is -2.12. The lowest BCUT2D eigenvalue weighted by atomic mass is 10.3. The molecule has 1 aromatic carbocycles. The number of nitrogen functional groups attached to an aromatic ring is 1. The van der Waals surface area contributed by atoms with Crippen molar-refractivity contribution in [1.82, 2.24) is 9.97 Å². The normalized spacial score (nSPS) is 10.0. The molecule has 9 nitrogen and oxygen atoms in total. The molecule has 0 unspecified atom stereocenters. The van der Waals surface area contributed by atoms with Gasteiger partial charge in [-0.15, -0.1) is 0 Å². The van der Waals surface area contributed by atoms with Crippen LogP contribution in [0.2, 0.25) is 5.02 Å². The molecule has 0 radical (unpaired) electrons. The van der Waals surface area contributed by atoms with Gasteiger partial charge in [-0.3, -0.25) is 10.1 Å². The van der Waals surface area contributed by atoms with Crippen molar-refractivity contribution in [3.05, 3.63) is 39.7 Å². The molecule has 0 bridgehead atoms. The summed E-state index contributed by atoms with van der Waals surface area (Å²) in [5.74, 6) is 5.58. The Morgan fingerprint density at radius 3 is 2.67 bits per heavy atom. The molecule has 2 rings (SSSR count). The minimum Gasteiger partial charge on any atom is -0.495 e. The highest BCUT2D eigenvalue weighted by Crippen LogP contribution is 2.33. The van der Waals surface area contributed by atoms with Crippen molar-refractivity contribution >= 4 is 34.6 Å². The van der Waals surface area contributed by atoms with E-state index in [1.54, 1.807) is 18.2 Å². The van der Waals surface area contributed by atoms with Gasteiger partial charge in [-0.2, -0.15) is 0 Å². The van der Waals surface area contributed by atoms with Crippen LogP contribution in [0.4, 0.5) is 23.0 Å². The summed E-state index contributed by atoms with van der Waals surface area (Å²) >= 11 is 5.99. The molecule has 0 amide bonds. The third-order valence-corrected chi connectivity index (χ3v) is 2.85. The fraction of sp³-hybridized carbons (Fsp3) is 0.0909. The number of halogens is 1. The van der Waals surface area contributed by atoms with E-state index in [4.69, 9.17) is 22.2 Å². The first-order valence-electron chi connectivity index (χ1n) is 5.63. The van der Waals surface area contributed by atoms with Gasteiger partial charge in [-0.1, -0.05) is 11.6 Å². The Morgan fingerprint density at radius 2 is 2.10 bits per heavy atom. The first-order chi connectivity index (χ1) is 10.1. The molecule has 110 valence electrons. The lowest BCUT2D eigenvalue weighted by Gasteiger charge is -2.09. The Labute approximate surface area is 124 Å². The number of ether oxygens (including phenoxy) is 1. The van der Waals surface area contributed by atoms with Crippen LogP contribution in [0.5, 0.6) is 5.75 Å². The Kier molecular flexibility index (Phi) is 4.36. The number of rotatable bonds is 5. The number of hydrogen-bond acceptors (Lipinski definition) is 8. The van der Waals surface area contributed by atoms with Crippen LogP contribution in [-0.2, 0) is 0 Å². The zero-order chi connectivity index (χ0) is 15.4. The topological polar surface area (TPSA) is 128 Å². The van der Waals surface area contributed by atoms with Crippen LogP contribution in [0, 0.1) is 10.1 Å². The average Bonchev–Trinajstić information content (AvgIpc) is 2.46. The molecule has 0 aliphatic rings. The Balaban J connectivity index is 2.40. The third-order valence-electron chi connectivity index (χ3n) is 2.56. The quantitative estimate of drug-likeness (QED) is 0.435. The van der Waals surface area contributed by atoms with E-state index in [1.807, 2.05) is 0 Å². The zero-order valence-electron chi connectivity index (χ0n) is 10.8. The number of aromatic nitrogens is 2. The standard InChI is InChI=1S/C11H11ClN6O3/c1-21-8-3-2-6(4-7(8)12)16-10-9(18(19)20)11(17-13)15-5-14-10/h2-5H,13H2,1H3,(H2,14,15,16,17). The van der Waals surface area contributed by atoms with Crippen LogP contribution in [0.15, 0.2) is 24.5 Å². The number of nitrogens with one attached hydrogen (secondary N) is 2. The van der Waals surface area contributed by atoms with Gasteiger partial charge in [-0.05, 0) is 18.2 Å². The van der Waals surface area contributed by atoms with Gasteiger partial charge in [0.05, 0.1) is 17.1 Å². The van der Waals surface area contributed by atoms with Crippen LogP contribution in [0.3, 0.4) is 0 Å². The van der Waals surface area contributed by atoms with Gasteiger partial charge in [0.2, 0.25) is 11.6 Å². The smallest absolute Gasteiger partial charge is 0.354 e. The summed E-state index contributed by atoms with van der Waals surface area (Å²) in [5, 5.41) is 14.3. The molecule has 0 spiro atoms. The monoisotopic (exact) mass is 310 g/mol. The minimum absolute atomic E-state index is 0.0100. The van der Waals surface area contributed by atoms with Crippen LogP contribution in [-0.4, -0.2) is 22.0 Å². The molecule has 0 atom stereocenters. The van der Waals surface area contributed by atoms with Gasteiger partial charge < -0.3 is 15.5 Å². The summed E-state index contributed by atoms with van der Waals surface area (Å²) in [6.45, 7) is 0. The van der Waals surface area contributed by atoms with E-state index in [-0.39, 0.29) is 17.3 Å². The first-order valence-corrected chi connectivity index (χ1v) is 6.01. The van der Waals surface area contributed by atoms with E-state index in [0.29, 0.717) is 16.5 Å². The predicted octanol–water partition coefficient (Wildman–Crippen LogP) is 2.08. The molecule has 0 saturated heterocycles. The van der Waals surface area contributed by atoms with E-state index in [0.717, 1.165) is 6.33 Å². The SMILES string of the molecule is COc1ccc(Nc2ncnc(NN)c2[N+](=O)[O-])cc1Cl. The minimum atomic E-state index is -0.636. The van der Waals surface area contributed by atoms with Gasteiger partial charge in [0, 0.05) is 5.69 Å². The number of methoxy groups -OCH3 is 1. The number of nitrogens with zero attached hydrogens (tertiary/aromatic N) is 3. The number of nitro groups is 1. The number of nitrogens with two attached hydrogens (primary N) is 1. The van der Waals surface area contributed by atoms with Gasteiger partial charge >= 0.3 is 5.69 Å². The molecule has 1 heterocycles. The Hall–Kier alpha value is -2.65. The molecule has 10 heteroatoms. The van der Waals surface area contributed by atoms with Crippen molar-refractivity contribution in [2.75, 3.05) is 17.9 Å². The molecule has 0 saturated carbocycles. The number of hydrazine groups is 1. The third kappa shape index (κ3) is 3.09. The van der Waals surface area contributed by atoms with Gasteiger partial charge in [-0.25, -0.2) is 15.8 Å². The maximum atomic E-state index is 11.1. The maximum absolute atomic E-state index is 11.1. The Morgan fingerprint density at radius 1 is 1.38 bits per heavy atom. The van der Waals surface area contributed by atoms with E-state index in [2.05, 4.69) is 20.7 Å². The molecule has 21 heavy (non-hydrogen) atoms. The van der Waals surface area contributed by atoms with Crippen molar-refractivity contribution in [2.24, 2.45) is 5.84 Å². The summed E-state index contributed by atoms with van der Waals surface area (Å²) < 4.78 is 5.03. The highest BCUT2D eigenvalue weighted by molar-refractivity contribution is 6.32. The summed E-state index contributed by atoms with van der Waals surface area (Å²) in [6, 6.07) is 4.83. The second-order valence-corrected chi connectivity index (χ2v) is 4.20. The van der Waals surface area contributed by atoms with Crippen LogP contribution >= 0.6 is 11.6 Å². The van der Waals surface area contributed by atoms with Crippen molar-refractivity contribution in [3.63, 3.8) is 0 Å². The first kappa shape index (κ1) is 14.8. The van der Waals surface area contributed by atoms with Crippen molar-refractivity contribution < 1.29 is 9.66 Å². The summed E-state index contributed by atoms with van der Waals surface area (Å²) in [7, 11) is 1.49. The van der Waals surface area contributed by atoms with Gasteiger partial charge in [0.15, 0.2) is 0 Å². The Bertz CT molecular complexity index is 681. The van der Waals surface area contributed by atoms with E-state index in [9.17, 15) is 10.1 Å². The zero-order valence-corrected chi connectivity index (χ0v) is 11.6. The molecule has 0 aliphatic heterocycles. The molecular formula is C11H11ClN6O3. The number of benzene rings is 1. The molecule has 2 aromatic rings. The second kappa shape index (κ2) is 6.20. The largest absolute Gasteiger partial charge is 0.495 e. The van der Waals surface area contributed by atoms with E-state index < -0.39 is 4.92 Å². The summed E-state index contributed by atoms with van der Waals surface area (Å²) in [6.07, 6.45) is 1.15. The molecule has 4 N–H and O–H groups in total. The average molecular weight is 311 g/mol. The van der Waals surface area contributed by atoms with Crippen LogP contribution in [0.25, 0.3) is 0 Å². The maximum Gasteiger partial charge on any atom is 0.354 e. The highest BCUT2D eigenvalue weighted by Gasteiger charge is 2.22. The van der Waals surface area contributed by atoms with E-state index in [1.165, 1.54) is 7.11 Å². The summed E-state index contributed by atoms with van der Waals surface area (Å²) in [5.41, 5.74) is 2.29. The van der Waals surface area contributed by atoms with Crippen LogP contribution < -0.4 is 21.3 Å². The molecular weight excluding hydrogens is 300 g/mol. The van der Waals surface area contributed by atoms with Crippen molar-refractivity contribution in [2.45, 2.75) is 0 Å². The fourth-order valence-corrected chi connectivity index (χ4v) is 1.89. The van der Waals surface area contributed by atoms with Crippen molar-refractivity contribution in [1.29, 1.82) is 0 Å². The fourth-order valence-electron chi connectivity index (χ4n) is 1.63. The van der Waals surface area contributed by atoms with Gasteiger partial charge in [0.1, 0.15) is 12.1 Å². The number of anilines is 3. The summed E-state index contributed by atoms with van der Waals surface area (Å²) in [4.78, 5) is 18.0. The number of hydrogen-bond donors (Lipinski definition) is 3. The van der Waals surface area contributed by atoms with E-state index >= 15 is 0 Å².